The summed E-state index contributed by atoms with van der Waals surface area (Å²) < 4.78 is 11.7. The van der Waals surface area contributed by atoms with Crippen molar-refractivity contribution in [3.63, 3.8) is 0 Å². The summed E-state index contributed by atoms with van der Waals surface area (Å²) in [5.41, 5.74) is 9.58. The summed E-state index contributed by atoms with van der Waals surface area (Å²) in [4.78, 5) is 4.52. The third kappa shape index (κ3) is 3.61. The molecule has 0 saturated heterocycles. The second-order valence-electron chi connectivity index (χ2n) is 6.11. The van der Waals surface area contributed by atoms with Gasteiger partial charge >= 0.3 is 0 Å². The Labute approximate surface area is 147 Å². The first-order chi connectivity index (χ1) is 11.3. The normalized spacial score (nSPS) is 15.2. The van der Waals surface area contributed by atoms with Crippen LogP contribution in [0.1, 0.15) is 18.4 Å². The van der Waals surface area contributed by atoms with E-state index in [1.54, 1.807) is 0 Å². The number of nitrogens with zero attached hydrogens (tertiary/aromatic N) is 1. The lowest BCUT2D eigenvalue weighted by molar-refractivity contribution is 0.0320. The van der Waals surface area contributed by atoms with Gasteiger partial charge in [-0.25, -0.2) is 4.98 Å². The fourth-order valence-electron chi connectivity index (χ4n) is 2.81. The Bertz CT molecular complexity index is 763. The molecule has 1 fully saturated rings. The molecule has 0 bridgehead atoms. The minimum Gasteiger partial charge on any atom is -0.436 e. The van der Waals surface area contributed by atoms with E-state index < -0.39 is 0 Å². The van der Waals surface area contributed by atoms with Crippen LogP contribution in [0.4, 0.5) is 0 Å². The van der Waals surface area contributed by atoms with Crippen molar-refractivity contribution >= 4 is 23.5 Å². The van der Waals surface area contributed by atoms with Crippen LogP contribution in [0, 0.1) is 5.92 Å². The Kier molecular flexibility index (Phi) is 5.19. The molecule has 1 atom stereocenters. The van der Waals surface area contributed by atoms with Crippen LogP contribution in [-0.4, -0.2) is 17.6 Å². The van der Waals surface area contributed by atoms with Crippen LogP contribution >= 0.6 is 12.4 Å². The van der Waals surface area contributed by atoms with Gasteiger partial charge in [0.15, 0.2) is 5.58 Å². The summed E-state index contributed by atoms with van der Waals surface area (Å²) in [5.74, 6) is 1.32. The molecule has 1 heterocycles. The van der Waals surface area contributed by atoms with Gasteiger partial charge in [0.1, 0.15) is 5.52 Å². The summed E-state index contributed by atoms with van der Waals surface area (Å²) in [5, 5.41) is 0. The smallest absolute Gasteiger partial charge is 0.227 e. The molecule has 0 amide bonds. The van der Waals surface area contributed by atoms with E-state index in [0.29, 0.717) is 25.0 Å². The highest BCUT2D eigenvalue weighted by atomic mass is 35.5. The molecule has 126 valence electrons. The Morgan fingerprint density at radius 3 is 2.54 bits per heavy atom. The van der Waals surface area contributed by atoms with Gasteiger partial charge in [0.05, 0.1) is 12.7 Å². The van der Waals surface area contributed by atoms with Crippen molar-refractivity contribution in [3.05, 3.63) is 54.1 Å². The molecule has 1 aliphatic rings. The fraction of sp³-hybridized carbons (Fsp3) is 0.316. The molecular weight excluding hydrogens is 324 g/mol. The number of ether oxygens (including phenoxy) is 1. The first kappa shape index (κ1) is 17.0. The van der Waals surface area contributed by atoms with Gasteiger partial charge in [0.2, 0.25) is 5.89 Å². The molecule has 1 aromatic heterocycles. The predicted molar refractivity (Wildman–Crippen MR) is 97.0 cm³/mol. The molecule has 4 nitrogen and oxygen atoms in total. The lowest BCUT2D eigenvalue weighted by Gasteiger charge is -2.15. The topological polar surface area (TPSA) is 61.3 Å². The van der Waals surface area contributed by atoms with Gasteiger partial charge in [-0.15, -0.1) is 12.4 Å². The van der Waals surface area contributed by atoms with Crippen molar-refractivity contribution in [3.8, 4) is 11.5 Å². The number of aromatic nitrogens is 1. The summed E-state index contributed by atoms with van der Waals surface area (Å²) in [6.45, 7) is 1.21. The molecular formula is C19H21ClN2O2. The molecule has 4 rings (SSSR count). The van der Waals surface area contributed by atoms with Crippen LogP contribution in [0.5, 0.6) is 0 Å². The molecule has 3 aromatic rings. The molecule has 2 aromatic carbocycles. The quantitative estimate of drug-likeness (QED) is 0.729. The Balaban J connectivity index is 0.00000169. The zero-order valence-corrected chi connectivity index (χ0v) is 14.2. The van der Waals surface area contributed by atoms with Gasteiger partial charge in [-0.3, -0.25) is 0 Å². The maximum Gasteiger partial charge on any atom is 0.227 e. The third-order valence-electron chi connectivity index (χ3n) is 4.34. The average Bonchev–Trinajstić information content (AvgIpc) is 3.34. The first-order valence-corrected chi connectivity index (χ1v) is 8.10. The molecule has 24 heavy (non-hydrogen) atoms. The number of rotatable bonds is 6. The maximum absolute atomic E-state index is 5.93. The van der Waals surface area contributed by atoms with Crippen molar-refractivity contribution in [1.82, 2.24) is 4.98 Å². The van der Waals surface area contributed by atoms with Crippen LogP contribution in [0.2, 0.25) is 0 Å². The molecule has 1 aliphatic carbocycles. The number of benzene rings is 2. The van der Waals surface area contributed by atoms with E-state index in [4.69, 9.17) is 14.9 Å². The zero-order chi connectivity index (χ0) is 15.6. The number of hydrogen-bond donors (Lipinski definition) is 1. The number of halogens is 1. The summed E-state index contributed by atoms with van der Waals surface area (Å²) in [6.07, 6.45) is 2.70. The van der Waals surface area contributed by atoms with E-state index in [0.717, 1.165) is 22.2 Å². The van der Waals surface area contributed by atoms with E-state index in [9.17, 15) is 0 Å². The van der Waals surface area contributed by atoms with Crippen molar-refractivity contribution in [2.45, 2.75) is 25.6 Å². The molecule has 1 unspecified atom stereocenters. The van der Waals surface area contributed by atoms with E-state index in [-0.39, 0.29) is 18.5 Å². The highest BCUT2D eigenvalue weighted by Gasteiger charge is 2.30. The molecule has 0 spiro atoms. The number of oxazole rings is 1. The van der Waals surface area contributed by atoms with Gasteiger partial charge < -0.3 is 14.9 Å². The Hall–Kier alpha value is -1.88. The second kappa shape index (κ2) is 7.34. The predicted octanol–water partition coefficient (Wildman–Crippen LogP) is 4.17. The Morgan fingerprint density at radius 1 is 1.12 bits per heavy atom. The minimum absolute atomic E-state index is 0. The van der Waals surface area contributed by atoms with Crippen LogP contribution in [0.25, 0.3) is 22.6 Å². The van der Waals surface area contributed by atoms with Gasteiger partial charge in [0.25, 0.3) is 0 Å². The van der Waals surface area contributed by atoms with Crippen molar-refractivity contribution in [1.29, 1.82) is 0 Å². The third-order valence-corrected chi connectivity index (χ3v) is 4.34. The number of para-hydroxylation sites is 2. The fourth-order valence-corrected chi connectivity index (χ4v) is 2.81. The molecule has 5 heteroatoms. The zero-order valence-electron chi connectivity index (χ0n) is 13.4. The second-order valence-corrected chi connectivity index (χ2v) is 6.11. The van der Waals surface area contributed by atoms with Gasteiger partial charge in [-0.1, -0.05) is 24.3 Å². The van der Waals surface area contributed by atoms with Gasteiger partial charge in [-0.2, -0.15) is 0 Å². The van der Waals surface area contributed by atoms with Crippen molar-refractivity contribution in [2.24, 2.45) is 11.7 Å². The van der Waals surface area contributed by atoms with Gasteiger partial charge in [-0.05, 0) is 48.6 Å². The first-order valence-electron chi connectivity index (χ1n) is 8.10. The van der Waals surface area contributed by atoms with E-state index >= 15 is 0 Å². The largest absolute Gasteiger partial charge is 0.436 e. The summed E-state index contributed by atoms with van der Waals surface area (Å²) in [6, 6.07) is 16.0. The van der Waals surface area contributed by atoms with E-state index in [1.165, 1.54) is 12.8 Å². The lowest BCUT2D eigenvalue weighted by Crippen LogP contribution is -2.25. The van der Waals surface area contributed by atoms with Crippen LogP contribution in [-0.2, 0) is 11.3 Å². The number of hydrogen-bond acceptors (Lipinski definition) is 4. The molecule has 0 radical (unpaired) electrons. The highest BCUT2D eigenvalue weighted by Crippen LogP contribution is 2.34. The molecule has 2 N–H and O–H groups in total. The van der Waals surface area contributed by atoms with E-state index in [1.807, 2.05) is 36.4 Å². The van der Waals surface area contributed by atoms with E-state index in [2.05, 4.69) is 17.1 Å². The monoisotopic (exact) mass is 344 g/mol. The molecule has 0 aliphatic heterocycles. The molecule has 1 saturated carbocycles. The number of nitrogens with two attached hydrogens (primary N) is 1. The average molecular weight is 345 g/mol. The number of fused-ring (bicyclic) bond motifs is 1. The maximum atomic E-state index is 5.93. The summed E-state index contributed by atoms with van der Waals surface area (Å²) >= 11 is 0. The minimum atomic E-state index is 0. The van der Waals surface area contributed by atoms with Crippen molar-refractivity contribution < 1.29 is 9.15 Å². The van der Waals surface area contributed by atoms with Crippen LogP contribution in [0.15, 0.2) is 52.9 Å². The van der Waals surface area contributed by atoms with Crippen molar-refractivity contribution in [2.75, 3.05) is 6.54 Å². The van der Waals surface area contributed by atoms with Crippen LogP contribution in [0.3, 0.4) is 0 Å². The standard InChI is InChI=1S/C19H20N2O2.ClH/c20-11-18(14-9-10-14)22-12-13-5-7-15(8-6-13)19-21-16-3-1-2-4-17(16)23-19;/h1-8,14,18H,9-12,20H2;1H. The highest BCUT2D eigenvalue weighted by molar-refractivity contribution is 5.85. The van der Waals surface area contributed by atoms with Gasteiger partial charge in [0, 0.05) is 12.1 Å². The SMILES string of the molecule is Cl.NCC(OCc1ccc(-c2nc3ccccc3o2)cc1)C1CC1. The Morgan fingerprint density at radius 2 is 1.88 bits per heavy atom. The van der Waals surface area contributed by atoms with Crippen LogP contribution < -0.4 is 5.73 Å². The summed E-state index contributed by atoms with van der Waals surface area (Å²) in [7, 11) is 0. The lowest BCUT2D eigenvalue weighted by atomic mass is 10.1.